The average Bonchev–Trinajstić information content (AvgIpc) is 1.59. The van der Waals surface area contributed by atoms with Gasteiger partial charge in [0.2, 0.25) is 0 Å². The fourth-order valence-electron chi connectivity index (χ4n) is 0.275. The van der Waals surface area contributed by atoms with Crippen LogP contribution in [0.3, 0.4) is 0 Å². The monoisotopic (exact) mass is 224 g/mol. The maximum absolute atomic E-state index is 9.74. The van der Waals surface area contributed by atoms with Gasteiger partial charge in [-0.05, 0) is 0 Å². The molecule has 5 nitrogen and oxygen atoms in total. The molecule has 0 aliphatic carbocycles. The second-order valence-electron chi connectivity index (χ2n) is 1.67. The Labute approximate surface area is 77.2 Å². The second kappa shape index (κ2) is 5.33. The van der Waals surface area contributed by atoms with Gasteiger partial charge in [-0.2, -0.15) is 0 Å². The summed E-state index contributed by atoms with van der Waals surface area (Å²) in [7, 11) is 0. The molecule has 0 aromatic rings. The van der Waals surface area contributed by atoms with Crippen LogP contribution in [0.5, 0.6) is 0 Å². The van der Waals surface area contributed by atoms with E-state index in [0.717, 1.165) is 0 Å². The molecule has 0 radical (unpaired) electrons. The molecule has 0 unspecified atom stereocenters. The van der Waals surface area contributed by atoms with Crippen LogP contribution in [0.25, 0.3) is 0 Å². The molecule has 0 saturated carbocycles. The van der Waals surface area contributed by atoms with Crippen molar-refractivity contribution >= 4 is 43.3 Å². The predicted molar refractivity (Wildman–Crippen MR) is 38.0 cm³/mol. The molecule has 0 aromatic carbocycles. The molecule has 0 heterocycles. The van der Waals surface area contributed by atoms with E-state index in [1.54, 1.807) is 0 Å². The van der Waals surface area contributed by atoms with Gasteiger partial charge in [-0.3, -0.25) is 0 Å². The van der Waals surface area contributed by atoms with Crippen LogP contribution in [-0.4, -0.2) is 60.8 Å². The average molecular weight is 223 g/mol. The molecule has 0 aliphatic heterocycles. The standard InChI is InChI=1S/C3H8GeO5.Mg.2H/c5-3(6)1-2-4(7,8)9;;;/h7-9H,1-2H2,(H,5,6);;;. The predicted octanol–water partition coefficient (Wildman–Crippen LogP) is -2.54. The van der Waals surface area contributed by atoms with Gasteiger partial charge < -0.3 is 0 Å². The van der Waals surface area contributed by atoms with Crippen molar-refractivity contribution in [1.29, 1.82) is 0 Å². The van der Waals surface area contributed by atoms with E-state index in [9.17, 15) is 4.79 Å². The summed E-state index contributed by atoms with van der Waals surface area (Å²) in [5.41, 5.74) is 0. The van der Waals surface area contributed by atoms with Gasteiger partial charge in [0.15, 0.2) is 0 Å². The summed E-state index contributed by atoms with van der Waals surface area (Å²) in [6.07, 6.45) is -0.385. The zero-order chi connectivity index (χ0) is 7.49. The van der Waals surface area contributed by atoms with E-state index in [2.05, 4.69) is 0 Å². The summed E-state index contributed by atoms with van der Waals surface area (Å²) in [5.74, 6) is -1.14. The van der Waals surface area contributed by atoms with Crippen LogP contribution in [0.4, 0.5) is 0 Å². The van der Waals surface area contributed by atoms with Crippen molar-refractivity contribution in [3.8, 4) is 0 Å². The Morgan fingerprint density at radius 2 is 1.70 bits per heavy atom. The van der Waals surface area contributed by atoms with Crippen molar-refractivity contribution in [2.75, 3.05) is 0 Å². The van der Waals surface area contributed by atoms with Crippen molar-refractivity contribution in [2.45, 2.75) is 11.7 Å². The Kier molecular flexibility index (Phi) is 7.07. The maximum atomic E-state index is 9.74. The third kappa shape index (κ3) is 11.5. The Morgan fingerprint density at radius 1 is 1.30 bits per heavy atom. The van der Waals surface area contributed by atoms with Crippen LogP contribution in [0.2, 0.25) is 5.25 Å². The number of rotatable bonds is 3. The number of carboxylic acid groups (broad SMARTS) is 1. The third-order valence-corrected chi connectivity index (χ3v) is 2.61. The molecular weight excluding hydrogens is 213 g/mol. The first kappa shape index (κ1) is 13.3. The summed E-state index contributed by atoms with van der Waals surface area (Å²) >= 11 is -4.54. The van der Waals surface area contributed by atoms with Crippen molar-refractivity contribution < 1.29 is 22.3 Å². The fourth-order valence-corrected chi connectivity index (χ4v) is 1.43. The Hall–Kier alpha value is 0.659. The first-order chi connectivity index (χ1) is 3.92. The van der Waals surface area contributed by atoms with Gasteiger partial charge in [0.1, 0.15) is 0 Å². The van der Waals surface area contributed by atoms with E-state index in [1.807, 2.05) is 0 Å². The molecule has 0 atom stereocenters. The minimum atomic E-state index is -4.54. The molecule has 0 bridgehead atoms. The molecule has 0 amide bonds. The number of hydrogen-bond donors (Lipinski definition) is 4. The van der Waals surface area contributed by atoms with Gasteiger partial charge >= 0.3 is 77.3 Å². The van der Waals surface area contributed by atoms with Gasteiger partial charge in [-0.1, -0.05) is 0 Å². The second-order valence-corrected chi connectivity index (χ2v) is 5.97. The van der Waals surface area contributed by atoms with E-state index in [4.69, 9.17) is 17.5 Å². The third-order valence-electron chi connectivity index (χ3n) is 0.674. The van der Waals surface area contributed by atoms with E-state index in [0.29, 0.717) is 0 Å². The Balaban J connectivity index is 0. The molecule has 10 heavy (non-hydrogen) atoms. The van der Waals surface area contributed by atoms with Crippen molar-refractivity contribution in [2.24, 2.45) is 0 Å². The zero-order valence-corrected chi connectivity index (χ0v) is 6.71. The number of aliphatic carboxylic acids is 1. The van der Waals surface area contributed by atoms with Crippen molar-refractivity contribution in [3.05, 3.63) is 0 Å². The van der Waals surface area contributed by atoms with Crippen molar-refractivity contribution in [1.82, 2.24) is 0 Å². The largest absolute Gasteiger partial charge is 0.316 e. The summed E-state index contributed by atoms with van der Waals surface area (Å²) in [5, 5.41) is 7.58. The van der Waals surface area contributed by atoms with Crippen LogP contribution in [0.1, 0.15) is 6.42 Å². The van der Waals surface area contributed by atoms with Crippen LogP contribution >= 0.6 is 0 Å². The Bertz CT molecular complexity index is 110. The van der Waals surface area contributed by atoms with E-state index < -0.39 is 25.5 Å². The summed E-state index contributed by atoms with van der Waals surface area (Å²) in [4.78, 5) is 9.74. The summed E-state index contributed by atoms with van der Waals surface area (Å²) in [6.45, 7) is 0. The van der Waals surface area contributed by atoms with Gasteiger partial charge in [-0.15, -0.1) is 0 Å². The summed E-state index contributed by atoms with van der Waals surface area (Å²) in [6, 6.07) is 0. The maximum Gasteiger partial charge on any atom is 0.316 e. The zero-order valence-electron chi connectivity index (χ0n) is 4.61. The van der Waals surface area contributed by atoms with E-state index >= 15 is 0 Å². The quantitative estimate of drug-likeness (QED) is 0.395. The molecule has 58 valence electrons. The molecule has 4 N–H and O–H groups in total. The van der Waals surface area contributed by atoms with Gasteiger partial charge in [0, 0.05) is 0 Å². The fraction of sp³-hybridized carbons (Fsp3) is 0.667. The van der Waals surface area contributed by atoms with Crippen molar-refractivity contribution in [3.63, 3.8) is 0 Å². The normalized spacial score (nSPS) is 10.3. The van der Waals surface area contributed by atoms with Crippen LogP contribution < -0.4 is 0 Å². The molecule has 0 rings (SSSR count). The first-order valence-corrected chi connectivity index (χ1v) is 6.60. The number of hydrogen-bond acceptors (Lipinski definition) is 4. The SMILES string of the molecule is O=C(O)C[CH2][Ge]([OH])([OH])[OH].[MgH2]. The Morgan fingerprint density at radius 3 is 1.80 bits per heavy atom. The minimum absolute atomic E-state index is 0. The van der Waals surface area contributed by atoms with Crippen LogP contribution in [-0.2, 0) is 4.79 Å². The van der Waals surface area contributed by atoms with Crippen LogP contribution in [0.15, 0.2) is 0 Å². The van der Waals surface area contributed by atoms with E-state index in [1.165, 1.54) is 0 Å². The molecule has 0 saturated heterocycles. The molecular formula is C3H10GeMgO5. The molecule has 0 fully saturated rings. The van der Waals surface area contributed by atoms with Gasteiger partial charge in [-0.25, -0.2) is 0 Å². The number of carbonyl (C=O) groups is 1. The van der Waals surface area contributed by atoms with E-state index in [-0.39, 0.29) is 29.5 Å². The smallest absolute Gasteiger partial charge is 0.316 e. The molecule has 0 aromatic heterocycles. The van der Waals surface area contributed by atoms with Crippen LogP contribution in [0, 0.1) is 0 Å². The molecule has 7 heteroatoms. The minimum Gasteiger partial charge on any atom is 0.316 e. The summed E-state index contributed by atoms with van der Waals surface area (Å²) < 4.78 is 24.9. The van der Waals surface area contributed by atoms with Gasteiger partial charge in [0.25, 0.3) is 0 Å². The number of carboxylic acids is 1. The molecule has 0 aliphatic rings. The first-order valence-electron chi connectivity index (χ1n) is 2.31. The molecule has 0 spiro atoms. The van der Waals surface area contributed by atoms with Gasteiger partial charge in [0.05, 0.1) is 0 Å². The topological polar surface area (TPSA) is 98.0 Å².